The van der Waals surface area contributed by atoms with Gasteiger partial charge < -0.3 is 15.1 Å². The second kappa shape index (κ2) is 6.71. The molecule has 0 saturated carbocycles. The summed E-state index contributed by atoms with van der Waals surface area (Å²) in [6.45, 7) is 9.77. The van der Waals surface area contributed by atoms with Gasteiger partial charge >= 0.3 is 0 Å². The smallest absolute Gasteiger partial charge is 0.226 e. The van der Waals surface area contributed by atoms with Gasteiger partial charge in [-0.25, -0.2) is 0 Å². The van der Waals surface area contributed by atoms with Gasteiger partial charge in [0, 0.05) is 32.7 Å². The van der Waals surface area contributed by atoms with Gasteiger partial charge in [-0.15, -0.1) is 0 Å². The lowest BCUT2D eigenvalue weighted by Gasteiger charge is -2.38. The Hall–Kier alpha value is -0.610. The van der Waals surface area contributed by atoms with E-state index in [2.05, 4.69) is 24.1 Å². The number of piperidine rings is 2. The number of carbonyl (C=O) groups is 1. The molecule has 2 rings (SSSR count). The third-order valence-corrected chi connectivity index (χ3v) is 4.82. The van der Waals surface area contributed by atoms with Crippen LogP contribution in [0.25, 0.3) is 0 Å². The predicted octanol–water partition coefficient (Wildman–Crippen LogP) is 1.17. The highest BCUT2D eigenvalue weighted by Gasteiger charge is 2.31. The summed E-state index contributed by atoms with van der Waals surface area (Å²) in [5, 5.41) is 3.38. The average molecular weight is 267 g/mol. The minimum Gasteiger partial charge on any atom is -0.342 e. The van der Waals surface area contributed by atoms with Crippen LogP contribution in [0.3, 0.4) is 0 Å². The summed E-state index contributed by atoms with van der Waals surface area (Å²) in [6, 6.07) is 0.451. The molecule has 0 aromatic rings. The second-order valence-corrected chi connectivity index (χ2v) is 6.31. The molecule has 1 amide bonds. The Morgan fingerprint density at radius 3 is 2.58 bits per heavy atom. The van der Waals surface area contributed by atoms with Crippen molar-refractivity contribution in [3.8, 4) is 0 Å². The highest BCUT2D eigenvalue weighted by Crippen LogP contribution is 2.21. The molecular weight excluding hydrogens is 238 g/mol. The van der Waals surface area contributed by atoms with Crippen molar-refractivity contribution in [2.45, 2.75) is 39.2 Å². The molecular formula is C15H29N3O. The summed E-state index contributed by atoms with van der Waals surface area (Å²) >= 11 is 0. The molecule has 2 saturated heterocycles. The highest BCUT2D eigenvalue weighted by atomic mass is 16.2. The van der Waals surface area contributed by atoms with Gasteiger partial charge in [-0.3, -0.25) is 4.79 Å². The average Bonchev–Trinajstić information content (AvgIpc) is 2.46. The minimum absolute atomic E-state index is 0.193. The number of likely N-dealkylation sites (tertiary alicyclic amines) is 1. The number of nitrogens with one attached hydrogen (secondary N) is 1. The van der Waals surface area contributed by atoms with Crippen LogP contribution < -0.4 is 5.32 Å². The molecule has 1 N–H and O–H groups in total. The zero-order valence-electron chi connectivity index (χ0n) is 12.7. The van der Waals surface area contributed by atoms with Crippen molar-refractivity contribution in [1.29, 1.82) is 0 Å². The van der Waals surface area contributed by atoms with E-state index in [9.17, 15) is 4.79 Å². The minimum atomic E-state index is 0.193. The number of amides is 1. The molecule has 2 fully saturated rings. The van der Waals surface area contributed by atoms with Crippen molar-refractivity contribution in [3.63, 3.8) is 0 Å². The van der Waals surface area contributed by atoms with Crippen molar-refractivity contribution in [1.82, 2.24) is 15.1 Å². The zero-order chi connectivity index (χ0) is 13.8. The van der Waals surface area contributed by atoms with Gasteiger partial charge in [-0.05, 0) is 38.3 Å². The Morgan fingerprint density at radius 1 is 1.32 bits per heavy atom. The standard InChI is InChI=1S/C15H29N3O/c1-4-18-7-5-14(6-8-18)17(3)15(19)13-9-12(2)10-16-11-13/h12-14,16H,4-11H2,1-3H3. The van der Waals surface area contributed by atoms with E-state index >= 15 is 0 Å². The fourth-order valence-electron chi connectivity index (χ4n) is 3.44. The SMILES string of the molecule is CCN1CCC(N(C)C(=O)C2CNCC(C)C2)CC1. The highest BCUT2D eigenvalue weighted by molar-refractivity contribution is 5.79. The molecule has 0 aromatic carbocycles. The van der Waals surface area contributed by atoms with Crippen molar-refractivity contribution in [2.24, 2.45) is 11.8 Å². The van der Waals surface area contributed by atoms with Gasteiger partial charge in [0.2, 0.25) is 5.91 Å². The molecule has 2 heterocycles. The lowest BCUT2D eigenvalue weighted by atomic mass is 9.90. The van der Waals surface area contributed by atoms with E-state index in [1.165, 1.54) is 0 Å². The Kier molecular flexibility index (Phi) is 5.22. The first-order chi connectivity index (χ1) is 9.11. The monoisotopic (exact) mass is 267 g/mol. The maximum atomic E-state index is 12.6. The van der Waals surface area contributed by atoms with Crippen LogP contribution in [0.5, 0.6) is 0 Å². The first-order valence-corrected chi connectivity index (χ1v) is 7.81. The van der Waals surface area contributed by atoms with Crippen molar-refractivity contribution in [2.75, 3.05) is 39.8 Å². The molecule has 4 heteroatoms. The Morgan fingerprint density at radius 2 is 2.00 bits per heavy atom. The van der Waals surface area contributed by atoms with E-state index in [-0.39, 0.29) is 5.92 Å². The topological polar surface area (TPSA) is 35.6 Å². The molecule has 2 aliphatic heterocycles. The number of nitrogens with zero attached hydrogens (tertiary/aromatic N) is 2. The number of carbonyl (C=O) groups excluding carboxylic acids is 1. The maximum absolute atomic E-state index is 12.6. The van der Waals surface area contributed by atoms with E-state index in [0.29, 0.717) is 17.9 Å². The molecule has 2 aliphatic rings. The van der Waals surface area contributed by atoms with E-state index in [1.807, 2.05) is 11.9 Å². The van der Waals surface area contributed by atoms with Gasteiger partial charge in [0.25, 0.3) is 0 Å². The van der Waals surface area contributed by atoms with Gasteiger partial charge in [0.05, 0.1) is 5.92 Å². The van der Waals surface area contributed by atoms with Crippen LogP contribution in [0.1, 0.15) is 33.1 Å². The van der Waals surface area contributed by atoms with Crippen LogP contribution in [-0.2, 0) is 4.79 Å². The van der Waals surface area contributed by atoms with Crippen molar-refractivity contribution < 1.29 is 4.79 Å². The van der Waals surface area contributed by atoms with Crippen LogP contribution in [0.15, 0.2) is 0 Å². The molecule has 0 aromatic heterocycles. The van der Waals surface area contributed by atoms with Gasteiger partial charge in [-0.2, -0.15) is 0 Å². The first kappa shape index (κ1) is 14.8. The van der Waals surface area contributed by atoms with E-state index in [1.54, 1.807) is 0 Å². The third-order valence-electron chi connectivity index (χ3n) is 4.82. The Labute approximate surface area is 117 Å². The zero-order valence-corrected chi connectivity index (χ0v) is 12.7. The largest absolute Gasteiger partial charge is 0.342 e. The molecule has 0 radical (unpaired) electrons. The molecule has 0 spiro atoms. The summed E-state index contributed by atoms with van der Waals surface area (Å²) in [5.41, 5.74) is 0. The fraction of sp³-hybridized carbons (Fsp3) is 0.933. The summed E-state index contributed by atoms with van der Waals surface area (Å²) in [4.78, 5) is 17.1. The molecule has 19 heavy (non-hydrogen) atoms. The predicted molar refractivity (Wildman–Crippen MR) is 78.0 cm³/mol. The Bertz CT molecular complexity index is 300. The lowest BCUT2D eigenvalue weighted by Crippen LogP contribution is -2.50. The van der Waals surface area contributed by atoms with E-state index in [4.69, 9.17) is 0 Å². The van der Waals surface area contributed by atoms with E-state index in [0.717, 1.165) is 52.0 Å². The van der Waals surface area contributed by atoms with Gasteiger partial charge in [-0.1, -0.05) is 13.8 Å². The molecule has 0 aliphatic carbocycles. The van der Waals surface area contributed by atoms with Crippen LogP contribution in [-0.4, -0.2) is 61.5 Å². The Balaban J connectivity index is 1.85. The van der Waals surface area contributed by atoms with Crippen LogP contribution in [0.4, 0.5) is 0 Å². The quantitative estimate of drug-likeness (QED) is 0.834. The fourth-order valence-corrected chi connectivity index (χ4v) is 3.44. The lowest BCUT2D eigenvalue weighted by molar-refractivity contribution is -0.138. The third kappa shape index (κ3) is 3.69. The number of hydrogen-bond acceptors (Lipinski definition) is 3. The molecule has 0 bridgehead atoms. The van der Waals surface area contributed by atoms with Crippen LogP contribution in [0, 0.1) is 11.8 Å². The number of hydrogen-bond donors (Lipinski definition) is 1. The van der Waals surface area contributed by atoms with Gasteiger partial charge in [0.1, 0.15) is 0 Å². The summed E-state index contributed by atoms with van der Waals surface area (Å²) in [7, 11) is 2.01. The second-order valence-electron chi connectivity index (χ2n) is 6.31. The normalized spacial score (nSPS) is 30.3. The molecule has 4 nitrogen and oxygen atoms in total. The van der Waals surface area contributed by atoms with Crippen LogP contribution >= 0.6 is 0 Å². The van der Waals surface area contributed by atoms with E-state index < -0.39 is 0 Å². The van der Waals surface area contributed by atoms with Crippen molar-refractivity contribution >= 4 is 5.91 Å². The maximum Gasteiger partial charge on any atom is 0.226 e. The van der Waals surface area contributed by atoms with Crippen molar-refractivity contribution in [3.05, 3.63) is 0 Å². The van der Waals surface area contributed by atoms with Crippen LogP contribution in [0.2, 0.25) is 0 Å². The summed E-state index contributed by atoms with van der Waals surface area (Å²) in [6.07, 6.45) is 3.31. The molecule has 2 atom stereocenters. The molecule has 2 unspecified atom stereocenters. The van der Waals surface area contributed by atoms with Gasteiger partial charge in [0.15, 0.2) is 0 Å². The summed E-state index contributed by atoms with van der Waals surface area (Å²) in [5.74, 6) is 1.17. The summed E-state index contributed by atoms with van der Waals surface area (Å²) < 4.78 is 0. The number of rotatable bonds is 3. The first-order valence-electron chi connectivity index (χ1n) is 7.81. The molecule has 110 valence electrons.